The van der Waals surface area contributed by atoms with E-state index in [9.17, 15) is 4.79 Å². The maximum absolute atomic E-state index is 11.6. The first-order valence-electron chi connectivity index (χ1n) is 5.90. The van der Waals surface area contributed by atoms with Crippen LogP contribution in [0.5, 0.6) is 0 Å². The average Bonchev–Trinajstić information content (AvgIpc) is 2.81. The number of nitrogens with one attached hydrogen (secondary N) is 2. The van der Waals surface area contributed by atoms with Gasteiger partial charge in [-0.25, -0.2) is 4.79 Å². The Bertz CT molecular complexity index is 505. The third-order valence-corrected chi connectivity index (χ3v) is 2.64. The van der Waals surface area contributed by atoms with E-state index in [2.05, 4.69) is 10.6 Å². The van der Waals surface area contributed by atoms with Crippen LogP contribution in [-0.2, 0) is 20.1 Å². The number of nitrogens with zero attached hydrogens (tertiary/aromatic N) is 1. The van der Waals surface area contributed by atoms with Gasteiger partial charge in [-0.2, -0.15) is 0 Å². The summed E-state index contributed by atoms with van der Waals surface area (Å²) >= 11 is 0. The van der Waals surface area contributed by atoms with E-state index >= 15 is 0 Å². The Balaban J connectivity index is 1.73. The van der Waals surface area contributed by atoms with Crippen molar-refractivity contribution in [3.8, 4) is 0 Å². The van der Waals surface area contributed by atoms with Gasteiger partial charge in [-0.05, 0) is 17.2 Å². The Hall–Kier alpha value is -2.23. The van der Waals surface area contributed by atoms with Gasteiger partial charge < -0.3 is 15.2 Å². The van der Waals surface area contributed by atoms with Gasteiger partial charge in [0.2, 0.25) is 0 Å². The van der Waals surface area contributed by atoms with Crippen molar-refractivity contribution in [2.45, 2.75) is 13.1 Å². The van der Waals surface area contributed by atoms with Crippen LogP contribution < -0.4 is 10.6 Å². The summed E-state index contributed by atoms with van der Waals surface area (Å²) in [6, 6.07) is 11.7. The van der Waals surface area contributed by atoms with Gasteiger partial charge in [0.15, 0.2) is 0 Å². The Labute approximate surface area is 107 Å². The van der Waals surface area contributed by atoms with Crippen LogP contribution in [0.4, 0.5) is 4.79 Å². The van der Waals surface area contributed by atoms with Gasteiger partial charge in [0.25, 0.3) is 0 Å². The molecule has 0 bridgehead atoms. The van der Waals surface area contributed by atoms with Crippen LogP contribution in [-0.4, -0.2) is 10.6 Å². The number of benzene rings is 1. The third-order valence-electron chi connectivity index (χ3n) is 2.64. The normalized spacial score (nSPS) is 10.1. The van der Waals surface area contributed by atoms with Crippen molar-refractivity contribution >= 4 is 6.03 Å². The molecule has 0 saturated carbocycles. The summed E-state index contributed by atoms with van der Waals surface area (Å²) in [5.74, 6) is 0. The largest absolute Gasteiger partial charge is 0.357 e. The second-order valence-corrected chi connectivity index (χ2v) is 4.21. The van der Waals surface area contributed by atoms with E-state index < -0.39 is 0 Å². The SMILES string of the molecule is Cn1ccc(CNC(=O)NCc2ccccc2)c1. The maximum atomic E-state index is 11.6. The summed E-state index contributed by atoms with van der Waals surface area (Å²) in [5.41, 5.74) is 2.18. The zero-order valence-corrected chi connectivity index (χ0v) is 10.4. The second kappa shape index (κ2) is 5.91. The van der Waals surface area contributed by atoms with Crippen LogP contribution in [0, 0.1) is 0 Å². The van der Waals surface area contributed by atoms with Crippen LogP contribution in [0.1, 0.15) is 11.1 Å². The molecule has 2 aromatic rings. The van der Waals surface area contributed by atoms with Gasteiger partial charge in [-0.15, -0.1) is 0 Å². The number of carbonyl (C=O) groups excluding carboxylic acids is 1. The highest BCUT2D eigenvalue weighted by molar-refractivity contribution is 5.73. The number of carbonyl (C=O) groups is 1. The highest BCUT2D eigenvalue weighted by Gasteiger charge is 2.00. The van der Waals surface area contributed by atoms with E-state index in [-0.39, 0.29) is 6.03 Å². The molecule has 94 valence electrons. The smallest absolute Gasteiger partial charge is 0.315 e. The number of hydrogen-bond acceptors (Lipinski definition) is 1. The van der Waals surface area contributed by atoms with E-state index in [1.807, 2.05) is 60.4 Å². The van der Waals surface area contributed by atoms with Gasteiger partial charge in [0.1, 0.15) is 0 Å². The Morgan fingerprint density at radius 3 is 2.33 bits per heavy atom. The molecule has 4 nitrogen and oxygen atoms in total. The summed E-state index contributed by atoms with van der Waals surface area (Å²) in [6.07, 6.45) is 3.94. The molecule has 0 spiro atoms. The molecule has 2 rings (SSSR count). The molecule has 0 atom stereocenters. The van der Waals surface area contributed by atoms with Crippen molar-refractivity contribution in [1.82, 2.24) is 15.2 Å². The minimum absolute atomic E-state index is 0.150. The van der Waals surface area contributed by atoms with Crippen molar-refractivity contribution < 1.29 is 4.79 Å². The molecule has 0 aliphatic rings. The van der Waals surface area contributed by atoms with E-state index in [0.717, 1.165) is 11.1 Å². The van der Waals surface area contributed by atoms with Gasteiger partial charge >= 0.3 is 6.03 Å². The zero-order valence-electron chi connectivity index (χ0n) is 10.4. The molecule has 2 N–H and O–H groups in total. The fraction of sp³-hybridized carbons (Fsp3) is 0.214. The number of aromatic nitrogens is 1. The van der Waals surface area contributed by atoms with Crippen LogP contribution >= 0.6 is 0 Å². The molecule has 0 saturated heterocycles. The number of hydrogen-bond donors (Lipinski definition) is 2. The van der Waals surface area contributed by atoms with E-state index in [1.54, 1.807) is 0 Å². The van der Waals surface area contributed by atoms with Crippen molar-refractivity contribution in [1.29, 1.82) is 0 Å². The lowest BCUT2D eigenvalue weighted by Crippen LogP contribution is -2.34. The van der Waals surface area contributed by atoms with Crippen molar-refractivity contribution in [2.24, 2.45) is 7.05 Å². The molecular weight excluding hydrogens is 226 g/mol. The highest BCUT2D eigenvalue weighted by atomic mass is 16.2. The molecule has 0 aliphatic heterocycles. The lowest BCUT2D eigenvalue weighted by Gasteiger charge is -2.06. The molecule has 1 aromatic heterocycles. The molecule has 18 heavy (non-hydrogen) atoms. The molecule has 4 heteroatoms. The summed E-state index contributed by atoms with van der Waals surface area (Å²) in [6.45, 7) is 1.09. The third kappa shape index (κ3) is 3.66. The van der Waals surface area contributed by atoms with Gasteiger partial charge in [-0.1, -0.05) is 30.3 Å². The first-order valence-corrected chi connectivity index (χ1v) is 5.90. The first kappa shape index (κ1) is 12.2. The second-order valence-electron chi connectivity index (χ2n) is 4.21. The average molecular weight is 243 g/mol. The molecule has 1 aromatic carbocycles. The molecule has 0 unspecified atom stereocenters. The van der Waals surface area contributed by atoms with Crippen LogP contribution in [0.2, 0.25) is 0 Å². The van der Waals surface area contributed by atoms with Gasteiger partial charge in [-0.3, -0.25) is 0 Å². The van der Waals surface area contributed by atoms with E-state index in [0.29, 0.717) is 13.1 Å². The molecule has 0 fully saturated rings. The fourth-order valence-corrected chi connectivity index (χ4v) is 1.69. The molecule has 0 radical (unpaired) electrons. The molecule has 0 aliphatic carbocycles. The minimum Gasteiger partial charge on any atom is -0.357 e. The number of urea groups is 1. The first-order chi connectivity index (χ1) is 8.74. The lowest BCUT2D eigenvalue weighted by atomic mass is 10.2. The summed E-state index contributed by atoms with van der Waals surface area (Å²) in [5, 5.41) is 5.64. The molecular formula is C14H17N3O. The number of rotatable bonds is 4. The predicted octanol–water partition coefficient (Wildman–Crippen LogP) is 2.02. The fourth-order valence-electron chi connectivity index (χ4n) is 1.69. The summed E-state index contributed by atoms with van der Waals surface area (Å²) in [7, 11) is 1.96. The molecule has 1 heterocycles. The summed E-state index contributed by atoms with van der Waals surface area (Å²) < 4.78 is 1.96. The Morgan fingerprint density at radius 2 is 1.72 bits per heavy atom. The highest BCUT2D eigenvalue weighted by Crippen LogP contribution is 1.99. The minimum atomic E-state index is -0.150. The molecule has 2 amide bonds. The lowest BCUT2D eigenvalue weighted by molar-refractivity contribution is 0.240. The van der Waals surface area contributed by atoms with E-state index in [1.165, 1.54) is 0 Å². The van der Waals surface area contributed by atoms with Crippen molar-refractivity contribution in [3.05, 3.63) is 59.9 Å². The predicted molar refractivity (Wildman–Crippen MR) is 70.9 cm³/mol. The van der Waals surface area contributed by atoms with Gasteiger partial charge in [0, 0.05) is 32.5 Å². The number of aryl methyl sites for hydroxylation is 1. The van der Waals surface area contributed by atoms with Crippen molar-refractivity contribution in [3.63, 3.8) is 0 Å². The van der Waals surface area contributed by atoms with Crippen LogP contribution in [0.3, 0.4) is 0 Å². The number of amides is 2. The van der Waals surface area contributed by atoms with E-state index in [4.69, 9.17) is 0 Å². The van der Waals surface area contributed by atoms with Gasteiger partial charge in [0.05, 0.1) is 0 Å². The van der Waals surface area contributed by atoms with Crippen LogP contribution in [0.25, 0.3) is 0 Å². The Morgan fingerprint density at radius 1 is 1.06 bits per heavy atom. The zero-order chi connectivity index (χ0) is 12.8. The standard InChI is InChI=1S/C14H17N3O/c1-17-8-7-13(11-17)10-16-14(18)15-9-12-5-3-2-4-6-12/h2-8,11H,9-10H2,1H3,(H2,15,16,18). The van der Waals surface area contributed by atoms with Crippen molar-refractivity contribution in [2.75, 3.05) is 0 Å². The topological polar surface area (TPSA) is 46.1 Å². The Kier molecular flexibility index (Phi) is 4.02. The van der Waals surface area contributed by atoms with Crippen LogP contribution in [0.15, 0.2) is 48.8 Å². The quantitative estimate of drug-likeness (QED) is 0.848. The monoisotopic (exact) mass is 243 g/mol. The maximum Gasteiger partial charge on any atom is 0.315 e. The summed E-state index contributed by atoms with van der Waals surface area (Å²) in [4.78, 5) is 11.6.